The molecule has 1 aliphatic heterocycles. The number of aromatic nitrogens is 1. The van der Waals surface area contributed by atoms with Gasteiger partial charge in [0, 0.05) is 29.1 Å². The third kappa shape index (κ3) is 4.61. The van der Waals surface area contributed by atoms with Crippen molar-refractivity contribution >= 4 is 28.6 Å². The molecular formula is C25H27N3O5. The zero-order valence-corrected chi connectivity index (χ0v) is 18.7. The SMILES string of the molecule is CCCCC(=O)OCC(=O)N1NC(c2c[nH]c3ccccc23)C(=O)[C@@H]1c1ccc(OC)cc1. The number of hydrogen-bond donors (Lipinski definition) is 2. The third-order valence-corrected chi connectivity index (χ3v) is 5.80. The first-order chi connectivity index (χ1) is 16.0. The molecule has 1 amide bonds. The number of aromatic amines is 1. The Morgan fingerprint density at radius 1 is 1.09 bits per heavy atom. The second-order valence-corrected chi connectivity index (χ2v) is 7.96. The quantitative estimate of drug-likeness (QED) is 0.510. The Morgan fingerprint density at radius 3 is 2.58 bits per heavy atom. The monoisotopic (exact) mass is 449 g/mol. The van der Waals surface area contributed by atoms with Crippen LogP contribution in [0.2, 0.25) is 0 Å². The third-order valence-electron chi connectivity index (χ3n) is 5.80. The Bertz CT molecular complexity index is 1150. The summed E-state index contributed by atoms with van der Waals surface area (Å²) < 4.78 is 10.4. The van der Waals surface area contributed by atoms with Gasteiger partial charge in [-0.1, -0.05) is 43.7 Å². The van der Waals surface area contributed by atoms with E-state index in [0.717, 1.165) is 22.9 Å². The van der Waals surface area contributed by atoms with Gasteiger partial charge in [-0.3, -0.25) is 19.4 Å². The number of carbonyl (C=O) groups excluding carboxylic acids is 3. The molecule has 3 aromatic rings. The lowest BCUT2D eigenvalue weighted by atomic mass is 9.95. The number of hydrogen-bond acceptors (Lipinski definition) is 6. The van der Waals surface area contributed by atoms with Crippen LogP contribution in [0.25, 0.3) is 10.9 Å². The summed E-state index contributed by atoms with van der Waals surface area (Å²) >= 11 is 0. The maximum absolute atomic E-state index is 13.6. The number of unbranched alkanes of at least 4 members (excludes halogenated alkanes) is 1. The number of nitrogens with one attached hydrogen (secondary N) is 2. The highest BCUT2D eigenvalue weighted by Gasteiger charge is 2.45. The first-order valence-electron chi connectivity index (χ1n) is 11.0. The number of ether oxygens (including phenoxy) is 2. The van der Waals surface area contributed by atoms with Crippen molar-refractivity contribution in [3.63, 3.8) is 0 Å². The number of para-hydroxylation sites is 1. The normalized spacial score (nSPS) is 18.0. The molecule has 172 valence electrons. The van der Waals surface area contributed by atoms with Gasteiger partial charge in [-0.05, 0) is 30.2 Å². The molecule has 0 saturated carbocycles. The minimum Gasteiger partial charge on any atom is -0.497 e. The molecule has 1 saturated heterocycles. The molecule has 2 aromatic carbocycles. The fraction of sp³-hybridized carbons (Fsp3) is 0.320. The summed E-state index contributed by atoms with van der Waals surface area (Å²) in [5.74, 6) is -0.440. The molecule has 0 aliphatic carbocycles. The van der Waals surface area contributed by atoms with Gasteiger partial charge in [-0.15, -0.1) is 0 Å². The lowest BCUT2D eigenvalue weighted by Gasteiger charge is -2.23. The van der Waals surface area contributed by atoms with Crippen LogP contribution in [0.5, 0.6) is 5.75 Å². The zero-order valence-electron chi connectivity index (χ0n) is 18.7. The summed E-state index contributed by atoms with van der Waals surface area (Å²) in [5.41, 5.74) is 5.37. The number of Topliss-reactive ketones (excluding diaryl/α,β-unsaturated/α-hetero) is 1. The van der Waals surface area contributed by atoms with Crippen molar-refractivity contribution in [1.29, 1.82) is 0 Å². The number of esters is 1. The van der Waals surface area contributed by atoms with E-state index in [1.165, 1.54) is 5.01 Å². The van der Waals surface area contributed by atoms with Crippen molar-refractivity contribution in [2.45, 2.75) is 38.3 Å². The maximum Gasteiger partial charge on any atom is 0.306 e. The predicted octanol–water partition coefficient (Wildman–Crippen LogP) is 3.61. The number of methoxy groups -OCH3 is 1. The second-order valence-electron chi connectivity index (χ2n) is 7.96. The summed E-state index contributed by atoms with van der Waals surface area (Å²) in [4.78, 5) is 41.7. The molecule has 1 unspecified atom stereocenters. The number of rotatable bonds is 8. The van der Waals surface area contributed by atoms with E-state index in [1.807, 2.05) is 31.2 Å². The number of carbonyl (C=O) groups is 3. The highest BCUT2D eigenvalue weighted by molar-refractivity contribution is 6.00. The Balaban J connectivity index is 1.62. The van der Waals surface area contributed by atoms with Crippen molar-refractivity contribution in [3.05, 3.63) is 65.9 Å². The van der Waals surface area contributed by atoms with Crippen molar-refractivity contribution in [2.24, 2.45) is 0 Å². The largest absolute Gasteiger partial charge is 0.497 e. The van der Waals surface area contributed by atoms with Crippen LogP contribution in [0.1, 0.15) is 49.4 Å². The number of fused-ring (bicyclic) bond motifs is 1. The van der Waals surface area contributed by atoms with E-state index in [0.29, 0.717) is 17.7 Å². The molecular weight excluding hydrogens is 422 g/mol. The van der Waals surface area contributed by atoms with Gasteiger partial charge in [0.25, 0.3) is 5.91 Å². The Kier molecular flexibility index (Phi) is 6.74. The van der Waals surface area contributed by atoms with E-state index >= 15 is 0 Å². The lowest BCUT2D eigenvalue weighted by Crippen LogP contribution is -2.42. The molecule has 2 heterocycles. The van der Waals surface area contributed by atoms with Crippen molar-refractivity contribution in [3.8, 4) is 5.75 Å². The number of amides is 1. The first kappa shape index (κ1) is 22.5. The standard InChI is InChI=1S/C25H27N3O5/c1-3-4-9-22(30)33-15-21(29)28-24(16-10-12-17(32-2)13-11-16)25(31)23(27-28)19-14-26-20-8-6-5-7-18(19)20/h5-8,10-14,23-24,26-27H,3-4,9,15H2,1-2H3/t23?,24-/m0/s1. The molecule has 0 radical (unpaired) electrons. The maximum atomic E-state index is 13.6. The van der Waals surface area contributed by atoms with Crippen molar-refractivity contribution in [1.82, 2.24) is 15.4 Å². The molecule has 4 rings (SSSR count). The predicted molar refractivity (Wildman–Crippen MR) is 122 cm³/mol. The van der Waals surface area contributed by atoms with Crippen LogP contribution < -0.4 is 10.2 Å². The molecule has 8 nitrogen and oxygen atoms in total. The highest BCUT2D eigenvalue weighted by Crippen LogP contribution is 2.37. The molecule has 8 heteroatoms. The fourth-order valence-corrected chi connectivity index (χ4v) is 4.04. The van der Waals surface area contributed by atoms with Crippen molar-refractivity contribution in [2.75, 3.05) is 13.7 Å². The summed E-state index contributed by atoms with van der Waals surface area (Å²) in [6, 6.07) is 13.1. The number of nitrogens with zero attached hydrogens (tertiary/aromatic N) is 1. The summed E-state index contributed by atoms with van der Waals surface area (Å²) in [6.07, 6.45) is 3.60. The topological polar surface area (TPSA) is 101 Å². The van der Waals surface area contributed by atoms with E-state index in [1.54, 1.807) is 37.6 Å². The van der Waals surface area contributed by atoms with Gasteiger partial charge >= 0.3 is 5.97 Å². The molecule has 33 heavy (non-hydrogen) atoms. The average Bonchev–Trinajstić information content (AvgIpc) is 3.42. The molecule has 1 aliphatic rings. The minimum atomic E-state index is -0.864. The lowest BCUT2D eigenvalue weighted by molar-refractivity contribution is -0.154. The van der Waals surface area contributed by atoms with Crippen molar-refractivity contribution < 1.29 is 23.9 Å². The number of benzene rings is 2. The Hall–Kier alpha value is -3.65. The minimum absolute atomic E-state index is 0.171. The van der Waals surface area contributed by atoms with Crippen LogP contribution in [0.4, 0.5) is 0 Å². The van der Waals surface area contributed by atoms with Crippen LogP contribution in [-0.4, -0.2) is 41.4 Å². The number of hydrazine groups is 1. The van der Waals surface area contributed by atoms with E-state index in [4.69, 9.17) is 9.47 Å². The van der Waals surface area contributed by atoms with E-state index in [-0.39, 0.29) is 12.2 Å². The summed E-state index contributed by atoms with van der Waals surface area (Å²) in [6.45, 7) is 1.54. The number of ketones is 1. The average molecular weight is 450 g/mol. The van der Waals surface area contributed by atoms with Gasteiger partial charge in [0.2, 0.25) is 0 Å². The van der Waals surface area contributed by atoms with Gasteiger partial charge < -0.3 is 14.5 Å². The smallest absolute Gasteiger partial charge is 0.306 e. The summed E-state index contributed by atoms with van der Waals surface area (Å²) in [7, 11) is 1.56. The van der Waals surface area contributed by atoms with Gasteiger partial charge in [0.1, 0.15) is 17.8 Å². The molecule has 0 spiro atoms. The van der Waals surface area contributed by atoms with E-state index in [9.17, 15) is 14.4 Å². The van der Waals surface area contributed by atoms with Gasteiger partial charge in [-0.2, -0.15) is 0 Å². The first-order valence-corrected chi connectivity index (χ1v) is 11.0. The molecule has 0 bridgehead atoms. The fourth-order valence-electron chi connectivity index (χ4n) is 4.04. The van der Waals surface area contributed by atoms with Crippen LogP contribution in [0.15, 0.2) is 54.7 Å². The van der Waals surface area contributed by atoms with Crippen LogP contribution >= 0.6 is 0 Å². The number of H-pyrrole nitrogens is 1. The molecule has 1 aromatic heterocycles. The molecule has 2 N–H and O–H groups in total. The van der Waals surface area contributed by atoms with E-state index in [2.05, 4.69) is 10.4 Å². The molecule has 1 fully saturated rings. The van der Waals surface area contributed by atoms with E-state index < -0.39 is 30.6 Å². The second kappa shape index (κ2) is 9.87. The van der Waals surface area contributed by atoms with Crippen LogP contribution in [0.3, 0.4) is 0 Å². The van der Waals surface area contributed by atoms with Gasteiger partial charge in [0.15, 0.2) is 12.4 Å². The Labute approximate surface area is 191 Å². The molecule has 2 atom stereocenters. The van der Waals surface area contributed by atoms with Gasteiger partial charge in [-0.25, -0.2) is 5.43 Å². The van der Waals surface area contributed by atoms with Gasteiger partial charge in [0.05, 0.1) is 7.11 Å². The van der Waals surface area contributed by atoms with Crippen LogP contribution in [0, 0.1) is 0 Å². The summed E-state index contributed by atoms with van der Waals surface area (Å²) in [5, 5.41) is 2.18. The van der Waals surface area contributed by atoms with Crippen LogP contribution in [-0.2, 0) is 19.1 Å². The Morgan fingerprint density at radius 2 is 1.85 bits per heavy atom. The highest BCUT2D eigenvalue weighted by atomic mass is 16.5. The zero-order chi connectivity index (χ0) is 23.4.